The number of carbonyl (C=O) groups excluding carboxylic acids is 3. The smallest absolute Gasteiger partial charge is 0.374 e. The molecule has 3 atom stereocenters. The molecule has 0 heterocycles. The summed E-state index contributed by atoms with van der Waals surface area (Å²) < 4.78 is 16.3. The van der Waals surface area contributed by atoms with E-state index in [1.54, 1.807) is 0 Å². The SMILES string of the molecule is CC(C)=CCCC(C)CC(=O)OP(=S)(OC(=O)CC(C)CCC=C(C)C)OC(=O)CC(C)CCC=C(C)C. The molecular formula is C30H51O6PS. The van der Waals surface area contributed by atoms with Crippen molar-refractivity contribution in [3.8, 4) is 0 Å². The molecule has 218 valence electrons. The molecule has 3 unspecified atom stereocenters. The summed E-state index contributed by atoms with van der Waals surface area (Å²) in [5.74, 6) is -1.74. The van der Waals surface area contributed by atoms with E-state index >= 15 is 0 Å². The van der Waals surface area contributed by atoms with Crippen LogP contribution in [-0.2, 0) is 39.8 Å². The normalized spacial score (nSPS) is 14.7. The zero-order valence-corrected chi connectivity index (χ0v) is 26.8. The predicted octanol–water partition coefficient (Wildman–Crippen LogP) is 9.16. The van der Waals surface area contributed by atoms with Gasteiger partial charge in [-0.15, -0.1) is 0 Å². The average Bonchev–Trinajstić information content (AvgIpc) is 2.71. The van der Waals surface area contributed by atoms with Gasteiger partial charge in [0, 0.05) is 31.1 Å². The topological polar surface area (TPSA) is 78.9 Å². The quantitative estimate of drug-likeness (QED) is 0.120. The second-order valence-corrected chi connectivity index (χ2v) is 14.1. The molecule has 0 aromatic carbocycles. The molecular weight excluding hydrogens is 519 g/mol. The number of hydrogen-bond acceptors (Lipinski definition) is 7. The van der Waals surface area contributed by atoms with Gasteiger partial charge in [-0.05, 0) is 97.8 Å². The number of hydrogen-bond donors (Lipinski definition) is 0. The fourth-order valence-electron chi connectivity index (χ4n) is 3.67. The van der Waals surface area contributed by atoms with Gasteiger partial charge in [0.2, 0.25) is 0 Å². The van der Waals surface area contributed by atoms with Crippen molar-refractivity contribution < 1.29 is 28.0 Å². The van der Waals surface area contributed by atoms with Crippen LogP contribution in [0.3, 0.4) is 0 Å². The minimum atomic E-state index is -3.93. The molecule has 0 aliphatic heterocycles. The minimum absolute atomic E-state index is 0.0400. The van der Waals surface area contributed by atoms with Gasteiger partial charge < -0.3 is 13.6 Å². The van der Waals surface area contributed by atoms with Crippen LogP contribution in [0, 0.1) is 17.8 Å². The molecule has 0 saturated carbocycles. The van der Waals surface area contributed by atoms with E-state index in [1.165, 1.54) is 16.7 Å². The van der Waals surface area contributed by atoms with Crippen molar-refractivity contribution in [1.82, 2.24) is 0 Å². The molecule has 0 amide bonds. The maximum absolute atomic E-state index is 12.7. The van der Waals surface area contributed by atoms with E-state index < -0.39 is 24.6 Å². The first kappa shape index (κ1) is 36.3. The van der Waals surface area contributed by atoms with E-state index in [-0.39, 0.29) is 37.0 Å². The maximum Gasteiger partial charge on any atom is 0.497 e. The van der Waals surface area contributed by atoms with Crippen molar-refractivity contribution in [1.29, 1.82) is 0 Å². The van der Waals surface area contributed by atoms with Gasteiger partial charge >= 0.3 is 24.6 Å². The second kappa shape index (κ2) is 19.4. The number of allylic oxidation sites excluding steroid dienone is 6. The van der Waals surface area contributed by atoms with E-state index in [4.69, 9.17) is 25.4 Å². The van der Waals surface area contributed by atoms with Gasteiger partial charge in [-0.3, -0.25) is 14.4 Å². The Morgan fingerprint density at radius 2 is 0.816 bits per heavy atom. The van der Waals surface area contributed by atoms with E-state index in [0.717, 1.165) is 38.5 Å². The predicted molar refractivity (Wildman–Crippen MR) is 160 cm³/mol. The third kappa shape index (κ3) is 20.3. The second-order valence-electron chi connectivity index (χ2n) is 11.3. The van der Waals surface area contributed by atoms with E-state index in [9.17, 15) is 14.4 Å². The van der Waals surface area contributed by atoms with E-state index in [0.29, 0.717) is 0 Å². The third-order valence-electron chi connectivity index (χ3n) is 5.82. The average molecular weight is 571 g/mol. The first-order valence-corrected chi connectivity index (χ1v) is 16.3. The Morgan fingerprint density at radius 3 is 1.03 bits per heavy atom. The molecule has 6 nitrogen and oxygen atoms in total. The molecule has 0 rings (SSSR count). The molecule has 0 saturated heterocycles. The lowest BCUT2D eigenvalue weighted by Crippen LogP contribution is -2.17. The summed E-state index contributed by atoms with van der Waals surface area (Å²) in [4.78, 5) is 38.1. The Kier molecular flexibility index (Phi) is 18.5. The molecule has 8 heteroatoms. The molecule has 0 bridgehead atoms. The molecule has 0 spiro atoms. The first-order valence-electron chi connectivity index (χ1n) is 13.8. The highest BCUT2D eigenvalue weighted by molar-refractivity contribution is 8.08. The van der Waals surface area contributed by atoms with Gasteiger partial charge in [-0.1, -0.05) is 55.7 Å². The molecule has 38 heavy (non-hydrogen) atoms. The van der Waals surface area contributed by atoms with Crippen molar-refractivity contribution in [2.24, 2.45) is 17.8 Å². The molecule has 0 aliphatic carbocycles. The fraction of sp³-hybridized carbons (Fsp3) is 0.700. The summed E-state index contributed by atoms with van der Waals surface area (Å²) in [6.07, 6.45) is 11.6. The summed E-state index contributed by atoms with van der Waals surface area (Å²) >= 11 is 5.41. The lowest BCUT2D eigenvalue weighted by Gasteiger charge is -2.22. The summed E-state index contributed by atoms with van der Waals surface area (Å²) in [7, 11) is 0. The Labute approximate surface area is 236 Å². The van der Waals surface area contributed by atoms with Crippen molar-refractivity contribution in [2.75, 3.05) is 0 Å². The summed E-state index contributed by atoms with van der Waals surface area (Å²) in [6, 6.07) is 0. The van der Waals surface area contributed by atoms with Crippen LogP contribution < -0.4 is 0 Å². The minimum Gasteiger partial charge on any atom is -0.374 e. The van der Waals surface area contributed by atoms with Crippen LogP contribution in [0.2, 0.25) is 0 Å². The van der Waals surface area contributed by atoms with Gasteiger partial charge in [0.1, 0.15) is 0 Å². The molecule has 0 aromatic heterocycles. The highest BCUT2D eigenvalue weighted by atomic mass is 32.5. The lowest BCUT2D eigenvalue weighted by atomic mass is 10.0. The van der Waals surface area contributed by atoms with Gasteiger partial charge in [0.05, 0.1) is 0 Å². The Morgan fingerprint density at radius 1 is 0.579 bits per heavy atom. The number of carbonyl (C=O) groups is 3. The van der Waals surface area contributed by atoms with Crippen LogP contribution in [0.15, 0.2) is 34.9 Å². The lowest BCUT2D eigenvalue weighted by molar-refractivity contribution is -0.143. The molecule has 0 radical (unpaired) electrons. The molecule has 0 aliphatic rings. The summed E-state index contributed by atoms with van der Waals surface area (Å²) in [6.45, 7) is 14.1. The van der Waals surface area contributed by atoms with Crippen LogP contribution in [0.5, 0.6) is 0 Å². The fourth-order valence-corrected chi connectivity index (χ4v) is 5.50. The van der Waals surface area contributed by atoms with E-state index in [1.807, 2.05) is 62.3 Å². The first-order chi connectivity index (χ1) is 17.6. The number of rotatable bonds is 18. The highest BCUT2D eigenvalue weighted by Gasteiger charge is 2.34. The summed E-state index contributed by atoms with van der Waals surface area (Å²) in [5, 5.41) is 0. The monoisotopic (exact) mass is 570 g/mol. The van der Waals surface area contributed by atoms with E-state index in [2.05, 4.69) is 18.2 Å². The van der Waals surface area contributed by atoms with Crippen molar-refractivity contribution in [2.45, 2.75) is 120 Å². The Balaban J connectivity index is 5.28. The Bertz CT molecular complexity index is 778. The standard InChI is InChI=1S/C30H51O6PS/c1-22(2)13-10-16-25(7)19-28(31)34-37(38,35-29(32)20-26(8)17-11-14-23(3)4)36-30(33)21-27(9)18-12-15-24(5)6/h13-15,25-27H,10-12,16-21H2,1-9H3. The van der Waals surface area contributed by atoms with Crippen molar-refractivity contribution >= 4 is 36.4 Å². The van der Waals surface area contributed by atoms with Gasteiger partial charge in [0.15, 0.2) is 0 Å². The van der Waals surface area contributed by atoms with Crippen LogP contribution in [0.1, 0.15) is 120 Å². The van der Waals surface area contributed by atoms with Crippen LogP contribution in [0.25, 0.3) is 0 Å². The van der Waals surface area contributed by atoms with Gasteiger partial charge in [-0.25, -0.2) is 0 Å². The zero-order chi connectivity index (χ0) is 29.3. The molecule has 0 fully saturated rings. The molecule has 0 N–H and O–H groups in total. The van der Waals surface area contributed by atoms with Gasteiger partial charge in [0.25, 0.3) is 0 Å². The van der Waals surface area contributed by atoms with Crippen LogP contribution >= 0.6 is 6.72 Å². The van der Waals surface area contributed by atoms with Gasteiger partial charge in [-0.2, -0.15) is 0 Å². The van der Waals surface area contributed by atoms with Crippen LogP contribution in [0.4, 0.5) is 0 Å². The Hall–Kier alpha value is -1.72. The molecule has 0 aromatic rings. The maximum atomic E-state index is 12.7. The van der Waals surface area contributed by atoms with Crippen molar-refractivity contribution in [3.05, 3.63) is 34.9 Å². The zero-order valence-electron chi connectivity index (χ0n) is 25.1. The van der Waals surface area contributed by atoms with Crippen molar-refractivity contribution in [3.63, 3.8) is 0 Å². The highest BCUT2D eigenvalue weighted by Crippen LogP contribution is 2.51. The third-order valence-corrected chi connectivity index (χ3v) is 7.77. The van der Waals surface area contributed by atoms with Crippen LogP contribution in [-0.4, -0.2) is 17.9 Å². The summed E-state index contributed by atoms with van der Waals surface area (Å²) in [5.41, 5.74) is 3.66. The largest absolute Gasteiger partial charge is 0.497 e.